The van der Waals surface area contributed by atoms with E-state index in [1.165, 1.54) is 18.2 Å². The van der Waals surface area contributed by atoms with E-state index in [9.17, 15) is 13.5 Å². The van der Waals surface area contributed by atoms with Gasteiger partial charge in [0.2, 0.25) is 10.0 Å². The predicted octanol–water partition coefficient (Wildman–Crippen LogP) is 3.27. The molecule has 130 valence electrons. The summed E-state index contributed by atoms with van der Waals surface area (Å²) in [4.78, 5) is -0.261. The topological polar surface area (TPSA) is 84.2 Å². The van der Waals surface area contributed by atoms with Gasteiger partial charge in [0, 0.05) is 18.4 Å². The molecule has 3 rings (SSSR count). The highest BCUT2D eigenvalue weighted by molar-refractivity contribution is 7.89. The van der Waals surface area contributed by atoms with Crippen LogP contribution in [-0.2, 0) is 10.0 Å². The number of hydrogen-bond acceptors (Lipinski definition) is 4. The molecule has 1 aromatic heterocycles. The summed E-state index contributed by atoms with van der Waals surface area (Å²) in [6.45, 7) is 1.72. The average molecular weight is 378 g/mol. The Balaban J connectivity index is 1.95. The molecule has 1 heterocycles. The summed E-state index contributed by atoms with van der Waals surface area (Å²) in [5, 5.41) is 14.1. The summed E-state index contributed by atoms with van der Waals surface area (Å²) in [6, 6.07) is 12.8. The SMILES string of the molecule is CC(NS(=O)(=O)c1cccc(Cl)c1O)c1ccccc1-n1cccn1. The molecule has 0 saturated heterocycles. The van der Waals surface area contributed by atoms with E-state index in [1.807, 2.05) is 24.3 Å². The smallest absolute Gasteiger partial charge is 0.244 e. The molecule has 2 aromatic carbocycles. The van der Waals surface area contributed by atoms with Crippen LogP contribution in [0.2, 0.25) is 5.02 Å². The van der Waals surface area contributed by atoms with Crippen molar-refractivity contribution in [2.24, 2.45) is 0 Å². The first-order valence-electron chi connectivity index (χ1n) is 7.49. The first kappa shape index (κ1) is 17.5. The second kappa shape index (κ2) is 6.87. The molecule has 3 aromatic rings. The Morgan fingerprint density at radius 3 is 2.64 bits per heavy atom. The molecular formula is C17H16ClN3O3S. The third-order valence-corrected chi connectivity index (χ3v) is 5.60. The zero-order valence-electron chi connectivity index (χ0n) is 13.3. The standard InChI is InChI=1S/C17H16ClN3O3S/c1-12(13-6-2-3-8-15(13)21-11-5-10-19-21)20-25(23,24)16-9-4-7-14(18)17(16)22/h2-12,20,22H,1H3. The minimum Gasteiger partial charge on any atom is -0.505 e. The van der Waals surface area contributed by atoms with Gasteiger partial charge in [-0.1, -0.05) is 35.9 Å². The van der Waals surface area contributed by atoms with Crippen LogP contribution >= 0.6 is 11.6 Å². The Kier molecular flexibility index (Phi) is 4.80. The van der Waals surface area contributed by atoms with Gasteiger partial charge in [0.05, 0.1) is 10.7 Å². The molecule has 2 N–H and O–H groups in total. The van der Waals surface area contributed by atoms with Crippen molar-refractivity contribution in [2.75, 3.05) is 0 Å². The number of para-hydroxylation sites is 2. The summed E-state index contributed by atoms with van der Waals surface area (Å²) in [6.07, 6.45) is 3.43. The number of halogens is 1. The van der Waals surface area contributed by atoms with Crippen molar-refractivity contribution in [2.45, 2.75) is 17.9 Å². The van der Waals surface area contributed by atoms with Crippen LogP contribution in [0, 0.1) is 0 Å². The number of phenolic OH excluding ortho intramolecular Hbond substituents is 1. The number of phenols is 1. The van der Waals surface area contributed by atoms with E-state index in [-0.39, 0.29) is 9.92 Å². The predicted molar refractivity (Wildman–Crippen MR) is 95.4 cm³/mol. The van der Waals surface area contributed by atoms with E-state index in [0.29, 0.717) is 0 Å². The van der Waals surface area contributed by atoms with Gasteiger partial charge in [0.1, 0.15) is 4.90 Å². The van der Waals surface area contributed by atoms with Crippen molar-refractivity contribution in [1.82, 2.24) is 14.5 Å². The molecule has 0 radical (unpaired) electrons. The van der Waals surface area contributed by atoms with Crippen LogP contribution in [-0.4, -0.2) is 23.3 Å². The van der Waals surface area contributed by atoms with Crippen molar-refractivity contribution >= 4 is 21.6 Å². The molecule has 0 spiro atoms. The summed E-state index contributed by atoms with van der Waals surface area (Å²) in [7, 11) is -3.96. The van der Waals surface area contributed by atoms with E-state index in [0.717, 1.165) is 11.3 Å². The minimum absolute atomic E-state index is 0.0209. The lowest BCUT2D eigenvalue weighted by molar-refractivity contribution is 0.457. The molecule has 0 aliphatic rings. The fourth-order valence-electron chi connectivity index (χ4n) is 2.55. The van der Waals surface area contributed by atoms with Gasteiger partial charge in [-0.05, 0) is 36.8 Å². The monoisotopic (exact) mass is 377 g/mol. The molecule has 0 fully saturated rings. The molecular weight excluding hydrogens is 362 g/mol. The van der Waals surface area contributed by atoms with Gasteiger partial charge in [-0.2, -0.15) is 5.10 Å². The van der Waals surface area contributed by atoms with E-state index < -0.39 is 21.8 Å². The Hall–Kier alpha value is -2.35. The maximum absolute atomic E-state index is 12.6. The first-order chi connectivity index (χ1) is 11.9. The number of rotatable bonds is 5. The summed E-state index contributed by atoms with van der Waals surface area (Å²) < 4.78 is 29.5. The molecule has 1 unspecified atom stereocenters. The minimum atomic E-state index is -3.96. The molecule has 0 aliphatic heterocycles. The van der Waals surface area contributed by atoms with Crippen molar-refractivity contribution < 1.29 is 13.5 Å². The molecule has 6 nitrogen and oxygen atoms in total. The van der Waals surface area contributed by atoms with E-state index in [4.69, 9.17) is 11.6 Å². The maximum atomic E-state index is 12.6. The van der Waals surface area contributed by atoms with Crippen LogP contribution in [0.1, 0.15) is 18.5 Å². The number of aromatic nitrogens is 2. The summed E-state index contributed by atoms with van der Waals surface area (Å²) in [5.74, 6) is -0.468. The number of benzene rings is 2. The molecule has 25 heavy (non-hydrogen) atoms. The summed E-state index contributed by atoms with van der Waals surface area (Å²) >= 11 is 5.81. The van der Waals surface area contributed by atoms with E-state index in [2.05, 4.69) is 9.82 Å². The van der Waals surface area contributed by atoms with Crippen LogP contribution in [0.5, 0.6) is 5.75 Å². The van der Waals surface area contributed by atoms with Gasteiger partial charge in [0.25, 0.3) is 0 Å². The average Bonchev–Trinajstić information content (AvgIpc) is 3.11. The maximum Gasteiger partial charge on any atom is 0.244 e. The quantitative estimate of drug-likeness (QED) is 0.714. The van der Waals surface area contributed by atoms with Crippen LogP contribution in [0.15, 0.2) is 65.8 Å². The normalized spacial score (nSPS) is 12.9. The van der Waals surface area contributed by atoms with Gasteiger partial charge in [-0.3, -0.25) is 0 Å². The zero-order valence-corrected chi connectivity index (χ0v) is 14.9. The second-order valence-electron chi connectivity index (χ2n) is 5.44. The highest BCUT2D eigenvalue weighted by Gasteiger charge is 2.24. The molecule has 8 heteroatoms. The largest absolute Gasteiger partial charge is 0.505 e. The fourth-order valence-corrected chi connectivity index (χ4v) is 4.12. The van der Waals surface area contributed by atoms with Gasteiger partial charge >= 0.3 is 0 Å². The Morgan fingerprint density at radius 2 is 1.92 bits per heavy atom. The molecule has 0 amide bonds. The summed E-state index contributed by atoms with van der Waals surface area (Å²) in [5.41, 5.74) is 1.51. The Morgan fingerprint density at radius 1 is 1.16 bits per heavy atom. The van der Waals surface area contributed by atoms with Gasteiger partial charge in [-0.15, -0.1) is 0 Å². The van der Waals surface area contributed by atoms with Gasteiger partial charge in [-0.25, -0.2) is 17.8 Å². The lowest BCUT2D eigenvalue weighted by atomic mass is 10.1. The molecule has 0 bridgehead atoms. The molecule has 1 atom stereocenters. The second-order valence-corrected chi connectivity index (χ2v) is 7.53. The zero-order chi connectivity index (χ0) is 18.0. The van der Waals surface area contributed by atoms with E-state index >= 15 is 0 Å². The third kappa shape index (κ3) is 3.53. The highest BCUT2D eigenvalue weighted by atomic mass is 35.5. The van der Waals surface area contributed by atoms with Gasteiger partial charge < -0.3 is 5.11 Å². The number of hydrogen-bond donors (Lipinski definition) is 2. The Bertz CT molecular complexity index is 988. The molecule has 0 saturated carbocycles. The van der Waals surface area contributed by atoms with Crippen molar-refractivity contribution in [3.05, 3.63) is 71.5 Å². The third-order valence-electron chi connectivity index (χ3n) is 3.73. The Labute approximate surface area is 150 Å². The van der Waals surface area contributed by atoms with E-state index in [1.54, 1.807) is 30.1 Å². The van der Waals surface area contributed by atoms with Crippen LogP contribution < -0.4 is 4.72 Å². The number of nitrogens with one attached hydrogen (secondary N) is 1. The number of sulfonamides is 1. The van der Waals surface area contributed by atoms with Crippen LogP contribution in [0.3, 0.4) is 0 Å². The first-order valence-corrected chi connectivity index (χ1v) is 9.35. The van der Waals surface area contributed by atoms with Crippen LogP contribution in [0.25, 0.3) is 5.69 Å². The lowest BCUT2D eigenvalue weighted by Gasteiger charge is -2.18. The number of aromatic hydroxyl groups is 1. The van der Waals surface area contributed by atoms with Crippen molar-refractivity contribution in [3.63, 3.8) is 0 Å². The highest BCUT2D eigenvalue weighted by Crippen LogP contribution is 2.31. The molecule has 0 aliphatic carbocycles. The van der Waals surface area contributed by atoms with Gasteiger partial charge in [0.15, 0.2) is 5.75 Å². The van der Waals surface area contributed by atoms with Crippen molar-refractivity contribution in [1.29, 1.82) is 0 Å². The van der Waals surface area contributed by atoms with Crippen LogP contribution in [0.4, 0.5) is 0 Å². The van der Waals surface area contributed by atoms with Crippen molar-refractivity contribution in [3.8, 4) is 11.4 Å². The fraction of sp³-hybridized carbons (Fsp3) is 0.118. The number of nitrogens with zero attached hydrogens (tertiary/aromatic N) is 2. The lowest BCUT2D eigenvalue weighted by Crippen LogP contribution is -2.27.